The second-order valence-corrected chi connectivity index (χ2v) is 3.90. The lowest BCUT2D eigenvalue weighted by Gasteiger charge is -2.12. The monoisotopic (exact) mass is 219 g/mol. The summed E-state index contributed by atoms with van der Waals surface area (Å²) in [5, 5.41) is 13.9. The zero-order valence-corrected chi connectivity index (χ0v) is 9.01. The lowest BCUT2D eigenvalue weighted by atomic mass is 10.2. The molecule has 0 saturated carbocycles. The van der Waals surface area contributed by atoms with Gasteiger partial charge in [-0.3, -0.25) is 10.1 Å². The molecule has 1 aromatic heterocycles. The third-order valence-corrected chi connectivity index (χ3v) is 2.64. The highest BCUT2D eigenvalue weighted by molar-refractivity contribution is 5.47. The van der Waals surface area contributed by atoms with Crippen molar-refractivity contribution in [2.75, 3.05) is 5.32 Å². The summed E-state index contributed by atoms with van der Waals surface area (Å²) >= 11 is 0. The summed E-state index contributed by atoms with van der Waals surface area (Å²) in [5.74, 6) is 0.705. The van der Waals surface area contributed by atoms with Crippen LogP contribution in [0.2, 0.25) is 0 Å². The molecule has 0 radical (unpaired) electrons. The van der Waals surface area contributed by atoms with Crippen molar-refractivity contribution >= 4 is 11.5 Å². The summed E-state index contributed by atoms with van der Waals surface area (Å²) in [6.07, 6.45) is 7.52. The van der Waals surface area contributed by atoms with Crippen LogP contribution in [0.4, 0.5) is 11.5 Å². The number of nitro groups is 1. The molecule has 5 nitrogen and oxygen atoms in total. The SMILES string of the molecule is Cc1cc(NC2CC=CC2)ncc1[N+](=O)[O-]. The molecule has 2 rings (SSSR count). The van der Waals surface area contributed by atoms with Gasteiger partial charge in [-0.15, -0.1) is 0 Å². The summed E-state index contributed by atoms with van der Waals surface area (Å²) in [6, 6.07) is 2.09. The van der Waals surface area contributed by atoms with Crippen molar-refractivity contribution in [3.63, 3.8) is 0 Å². The van der Waals surface area contributed by atoms with Gasteiger partial charge >= 0.3 is 0 Å². The van der Waals surface area contributed by atoms with Crippen LogP contribution in [0.3, 0.4) is 0 Å². The van der Waals surface area contributed by atoms with Crippen LogP contribution in [0.15, 0.2) is 24.4 Å². The molecule has 0 aliphatic heterocycles. The van der Waals surface area contributed by atoms with Crippen LogP contribution in [0, 0.1) is 17.0 Å². The predicted molar refractivity (Wildman–Crippen MR) is 61.4 cm³/mol. The Labute approximate surface area is 93.3 Å². The number of hydrogen-bond donors (Lipinski definition) is 1. The third-order valence-electron chi connectivity index (χ3n) is 2.64. The Morgan fingerprint density at radius 2 is 2.19 bits per heavy atom. The van der Waals surface area contributed by atoms with Gasteiger partial charge in [-0.2, -0.15) is 0 Å². The normalized spacial score (nSPS) is 15.3. The van der Waals surface area contributed by atoms with Gasteiger partial charge in [0.05, 0.1) is 4.92 Å². The Hall–Kier alpha value is -1.91. The van der Waals surface area contributed by atoms with Gasteiger partial charge in [0.15, 0.2) is 0 Å². The van der Waals surface area contributed by atoms with Crippen LogP contribution in [0.5, 0.6) is 0 Å². The summed E-state index contributed by atoms with van der Waals surface area (Å²) in [5.41, 5.74) is 0.698. The van der Waals surface area contributed by atoms with Crippen molar-refractivity contribution in [1.29, 1.82) is 0 Å². The van der Waals surface area contributed by atoms with E-state index in [1.807, 2.05) is 0 Å². The van der Waals surface area contributed by atoms with Crippen molar-refractivity contribution < 1.29 is 4.92 Å². The number of nitrogens with zero attached hydrogens (tertiary/aromatic N) is 2. The molecule has 0 amide bonds. The molecule has 84 valence electrons. The second-order valence-electron chi connectivity index (χ2n) is 3.90. The third kappa shape index (κ3) is 2.18. The molecule has 1 N–H and O–H groups in total. The summed E-state index contributed by atoms with van der Waals surface area (Å²) in [4.78, 5) is 14.2. The van der Waals surface area contributed by atoms with Crippen LogP contribution < -0.4 is 5.32 Å². The van der Waals surface area contributed by atoms with E-state index >= 15 is 0 Å². The van der Waals surface area contributed by atoms with Crippen molar-refractivity contribution in [1.82, 2.24) is 4.98 Å². The molecular formula is C11H13N3O2. The van der Waals surface area contributed by atoms with Gasteiger partial charge in [0.2, 0.25) is 0 Å². The number of anilines is 1. The maximum Gasteiger partial charge on any atom is 0.290 e. The zero-order chi connectivity index (χ0) is 11.5. The molecule has 0 bridgehead atoms. The molecule has 0 atom stereocenters. The first kappa shape index (κ1) is 10.6. The van der Waals surface area contributed by atoms with E-state index in [9.17, 15) is 10.1 Å². The molecule has 16 heavy (non-hydrogen) atoms. The highest BCUT2D eigenvalue weighted by Gasteiger charge is 2.14. The molecule has 5 heteroatoms. The van der Waals surface area contributed by atoms with Crippen LogP contribution in [0.1, 0.15) is 18.4 Å². The number of hydrogen-bond acceptors (Lipinski definition) is 4. The Bertz CT molecular complexity index is 435. The molecule has 1 heterocycles. The van der Waals surface area contributed by atoms with Gasteiger partial charge < -0.3 is 5.32 Å². The molecule has 1 aromatic rings. The lowest BCUT2D eigenvalue weighted by Crippen LogP contribution is -2.16. The van der Waals surface area contributed by atoms with E-state index in [0.29, 0.717) is 17.4 Å². The molecular weight excluding hydrogens is 206 g/mol. The van der Waals surface area contributed by atoms with Gasteiger partial charge in [-0.05, 0) is 25.8 Å². The Morgan fingerprint density at radius 1 is 1.50 bits per heavy atom. The number of aryl methyl sites for hydroxylation is 1. The topological polar surface area (TPSA) is 68.1 Å². The van der Waals surface area contributed by atoms with Crippen LogP contribution >= 0.6 is 0 Å². The van der Waals surface area contributed by atoms with Gasteiger partial charge in [-0.1, -0.05) is 12.2 Å². The van der Waals surface area contributed by atoms with E-state index in [2.05, 4.69) is 22.5 Å². The van der Waals surface area contributed by atoms with Crippen molar-refractivity contribution in [3.05, 3.63) is 40.1 Å². The first-order valence-electron chi connectivity index (χ1n) is 5.19. The zero-order valence-electron chi connectivity index (χ0n) is 9.01. The fourth-order valence-corrected chi connectivity index (χ4v) is 1.76. The maximum absolute atomic E-state index is 10.6. The van der Waals surface area contributed by atoms with E-state index in [-0.39, 0.29) is 5.69 Å². The smallest absolute Gasteiger partial charge is 0.290 e. The summed E-state index contributed by atoms with van der Waals surface area (Å²) in [7, 11) is 0. The average Bonchev–Trinajstić information content (AvgIpc) is 2.70. The number of rotatable bonds is 3. The van der Waals surface area contributed by atoms with Gasteiger partial charge in [0.25, 0.3) is 5.69 Å². The Morgan fingerprint density at radius 3 is 2.75 bits per heavy atom. The highest BCUT2D eigenvalue weighted by atomic mass is 16.6. The van der Waals surface area contributed by atoms with Crippen molar-refractivity contribution in [2.24, 2.45) is 0 Å². The molecule has 0 fully saturated rings. The lowest BCUT2D eigenvalue weighted by molar-refractivity contribution is -0.385. The first-order chi connectivity index (χ1) is 7.66. The Kier molecular flexibility index (Phi) is 2.85. The Balaban J connectivity index is 2.11. The van der Waals surface area contributed by atoms with E-state index in [1.54, 1.807) is 13.0 Å². The van der Waals surface area contributed by atoms with Gasteiger partial charge in [-0.25, -0.2) is 4.98 Å². The maximum atomic E-state index is 10.6. The highest BCUT2D eigenvalue weighted by Crippen LogP contribution is 2.21. The second kappa shape index (κ2) is 4.30. The average molecular weight is 219 g/mol. The fraction of sp³-hybridized carbons (Fsp3) is 0.364. The van der Waals surface area contributed by atoms with Crippen molar-refractivity contribution in [3.8, 4) is 0 Å². The molecule has 0 unspecified atom stereocenters. The van der Waals surface area contributed by atoms with Crippen LogP contribution in [-0.2, 0) is 0 Å². The minimum absolute atomic E-state index is 0.0649. The predicted octanol–water partition coefficient (Wildman–Crippen LogP) is 2.43. The molecule has 0 aromatic carbocycles. The molecule has 1 aliphatic rings. The molecule has 0 saturated heterocycles. The number of nitrogens with one attached hydrogen (secondary N) is 1. The van der Waals surface area contributed by atoms with E-state index in [1.165, 1.54) is 6.20 Å². The fourth-order valence-electron chi connectivity index (χ4n) is 1.76. The van der Waals surface area contributed by atoms with Crippen molar-refractivity contribution in [2.45, 2.75) is 25.8 Å². The molecule has 1 aliphatic carbocycles. The number of aromatic nitrogens is 1. The van der Waals surface area contributed by atoms with Crippen LogP contribution in [-0.4, -0.2) is 15.9 Å². The van der Waals surface area contributed by atoms with Crippen LogP contribution in [0.25, 0.3) is 0 Å². The standard InChI is InChI=1S/C11H13N3O2/c1-8-6-11(12-7-10(8)14(15)16)13-9-4-2-3-5-9/h2-3,6-7,9H,4-5H2,1H3,(H,12,13). The quantitative estimate of drug-likeness (QED) is 0.481. The van der Waals surface area contributed by atoms with E-state index < -0.39 is 4.92 Å². The van der Waals surface area contributed by atoms with Gasteiger partial charge in [0, 0.05) is 11.6 Å². The molecule has 0 spiro atoms. The van der Waals surface area contributed by atoms with E-state index in [4.69, 9.17) is 0 Å². The van der Waals surface area contributed by atoms with Gasteiger partial charge in [0.1, 0.15) is 12.0 Å². The minimum atomic E-state index is -0.413. The van der Waals surface area contributed by atoms with E-state index in [0.717, 1.165) is 12.8 Å². The minimum Gasteiger partial charge on any atom is -0.367 e. The number of pyridine rings is 1. The largest absolute Gasteiger partial charge is 0.367 e. The summed E-state index contributed by atoms with van der Waals surface area (Å²) in [6.45, 7) is 1.72. The summed E-state index contributed by atoms with van der Waals surface area (Å²) < 4.78 is 0. The first-order valence-corrected chi connectivity index (χ1v) is 5.19.